The quantitative estimate of drug-likeness (QED) is 0.678. The predicted molar refractivity (Wildman–Crippen MR) is 67.2 cm³/mol. The van der Waals surface area contributed by atoms with Crippen LogP contribution in [-0.4, -0.2) is 35.5 Å². The van der Waals surface area contributed by atoms with E-state index in [0.29, 0.717) is 13.0 Å². The van der Waals surface area contributed by atoms with Crippen molar-refractivity contribution in [3.8, 4) is 0 Å². The van der Waals surface area contributed by atoms with Gasteiger partial charge in [0.25, 0.3) is 0 Å². The van der Waals surface area contributed by atoms with E-state index in [-0.39, 0.29) is 11.8 Å². The monoisotopic (exact) mass is 268 g/mol. The normalized spacial score (nSPS) is 32.9. The van der Waals surface area contributed by atoms with Crippen molar-refractivity contribution in [2.24, 2.45) is 17.3 Å². The molecule has 3 atom stereocenters. The minimum Gasteiger partial charge on any atom is -0.481 e. The molecule has 2 rings (SSSR count). The molecule has 2 amide bonds. The lowest BCUT2D eigenvalue weighted by molar-refractivity contribution is -0.140. The molecule has 1 heterocycles. The van der Waals surface area contributed by atoms with Crippen LogP contribution < -0.4 is 10.6 Å². The Morgan fingerprint density at radius 2 is 2.00 bits per heavy atom. The lowest BCUT2D eigenvalue weighted by atomic mass is 10.1. The number of nitrogens with one attached hydrogen (secondary N) is 2. The van der Waals surface area contributed by atoms with Crippen LogP contribution in [0.3, 0.4) is 0 Å². The van der Waals surface area contributed by atoms with E-state index in [2.05, 4.69) is 10.6 Å². The number of amides is 2. The molecule has 1 saturated heterocycles. The van der Waals surface area contributed by atoms with E-state index in [0.717, 1.165) is 12.8 Å². The number of aliphatic carboxylic acids is 1. The fraction of sp³-hybridized carbons (Fsp3) is 0.769. The van der Waals surface area contributed by atoms with Crippen LogP contribution in [-0.2, 0) is 14.4 Å². The molecule has 0 bridgehead atoms. The third-order valence-corrected chi connectivity index (χ3v) is 4.23. The molecular weight excluding hydrogens is 248 g/mol. The summed E-state index contributed by atoms with van der Waals surface area (Å²) in [5.41, 5.74) is -0.531. The van der Waals surface area contributed by atoms with E-state index in [4.69, 9.17) is 5.11 Å². The lowest BCUT2D eigenvalue weighted by Gasteiger charge is -2.15. The van der Waals surface area contributed by atoms with Gasteiger partial charge >= 0.3 is 5.97 Å². The van der Waals surface area contributed by atoms with E-state index in [9.17, 15) is 14.4 Å². The van der Waals surface area contributed by atoms with E-state index < -0.39 is 29.3 Å². The molecule has 0 spiro atoms. The van der Waals surface area contributed by atoms with Crippen LogP contribution in [0.4, 0.5) is 0 Å². The molecule has 6 nitrogen and oxygen atoms in total. The van der Waals surface area contributed by atoms with Gasteiger partial charge in [0.15, 0.2) is 0 Å². The summed E-state index contributed by atoms with van der Waals surface area (Å²) in [4.78, 5) is 34.9. The molecule has 0 radical (unpaired) electrons. The predicted octanol–water partition coefficient (Wildman–Crippen LogP) is 0.128. The minimum atomic E-state index is -0.949. The molecule has 3 N–H and O–H groups in total. The van der Waals surface area contributed by atoms with Crippen LogP contribution >= 0.6 is 0 Å². The van der Waals surface area contributed by atoms with Crippen LogP contribution in [0, 0.1) is 17.3 Å². The Bertz CT molecular complexity index is 419. The molecule has 106 valence electrons. The number of rotatable bonds is 3. The van der Waals surface area contributed by atoms with E-state index in [1.54, 1.807) is 13.8 Å². The van der Waals surface area contributed by atoms with Crippen molar-refractivity contribution in [1.82, 2.24) is 10.6 Å². The van der Waals surface area contributed by atoms with Gasteiger partial charge in [-0.2, -0.15) is 0 Å². The Morgan fingerprint density at radius 1 is 1.32 bits per heavy atom. The van der Waals surface area contributed by atoms with Crippen molar-refractivity contribution >= 4 is 17.8 Å². The number of hydrogen-bond acceptors (Lipinski definition) is 3. The number of carbonyl (C=O) groups is 3. The van der Waals surface area contributed by atoms with Crippen LogP contribution in [0.1, 0.15) is 33.1 Å². The summed E-state index contributed by atoms with van der Waals surface area (Å²) in [5, 5.41) is 14.5. The van der Waals surface area contributed by atoms with E-state index in [1.165, 1.54) is 0 Å². The van der Waals surface area contributed by atoms with Crippen molar-refractivity contribution in [1.29, 1.82) is 0 Å². The van der Waals surface area contributed by atoms with Crippen molar-refractivity contribution in [3.63, 3.8) is 0 Å². The molecule has 1 aliphatic carbocycles. The van der Waals surface area contributed by atoms with Crippen molar-refractivity contribution in [2.75, 3.05) is 6.54 Å². The van der Waals surface area contributed by atoms with Gasteiger partial charge in [-0.1, -0.05) is 13.8 Å². The summed E-state index contributed by atoms with van der Waals surface area (Å²) in [6.45, 7) is 4.17. The maximum absolute atomic E-state index is 12.1. The smallest absolute Gasteiger partial charge is 0.307 e. The highest BCUT2D eigenvalue weighted by molar-refractivity contribution is 5.94. The number of carbonyl (C=O) groups excluding carboxylic acids is 2. The van der Waals surface area contributed by atoms with Gasteiger partial charge < -0.3 is 15.7 Å². The number of carboxylic acids is 1. The molecule has 1 unspecified atom stereocenters. The van der Waals surface area contributed by atoms with Crippen LogP contribution in [0.2, 0.25) is 0 Å². The van der Waals surface area contributed by atoms with Gasteiger partial charge in [0.2, 0.25) is 11.8 Å². The first-order chi connectivity index (χ1) is 8.85. The summed E-state index contributed by atoms with van der Waals surface area (Å²) < 4.78 is 0. The molecule has 1 aliphatic heterocycles. The molecule has 2 fully saturated rings. The maximum atomic E-state index is 12.1. The second kappa shape index (κ2) is 4.83. The van der Waals surface area contributed by atoms with Crippen molar-refractivity contribution in [3.05, 3.63) is 0 Å². The van der Waals surface area contributed by atoms with Crippen LogP contribution in [0.5, 0.6) is 0 Å². The average molecular weight is 268 g/mol. The highest BCUT2D eigenvalue weighted by Gasteiger charge is 2.66. The minimum absolute atomic E-state index is 0.170. The fourth-order valence-electron chi connectivity index (χ4n) is 2.93. The van der Waals surface area contributed by atoms with Gasteiger partial charge in [-0.05, 0) is 24.7 Å². The highest BCUT2D eigenvalue weighted by atomic mass is 16.4. The third-order valence-electron chi connectivity index (χ3n) is 4.23. The first kappa shape index (κ1) is 13.8. The summed E-state index contributed by atoms with van der Waals surface area (Å²) in [6.07, 6.45) is 2.40. The molecule has 2 aliphatic rings. The molecule has 0 aromatic carbocycles. The van der Waals surface area contributed by atoms with Gasteiger partial charge in [-0.3, -0.25) is 14.4 Å². The van der Waals surface area contributed by atoms with Gasteiger partial charge in [0, 0.05) is 6.54 Å². The molecule has 0 aromatic heterocycles. The van der Waals surface area contributed by atoms with Gasteiger partial charge in [-0.25, -0.2) is 0 Å². The molecule has 0 aromatic rings. The van der Waals surface area contributed by atoms with Gasteiger partial charge in [-0.15, -0.1) is 0 Å². The molecule has 1 saturated carbocycles. The largest absolute Gasteiger partial charge is 0.481 e. The van der Waals surface area contributed by atoms with Crippen LogP contribution in [0.15, 0.2) is 0 Å². The van der Waals surface area contributed by atoms with Crippen molar-refractivity contribution in [2.45, 2.75) is 39.2 Å². The summed E-state index contributed by atoms with van der Waals surface area (Å²) >= 11 is 0. The van der Waals surface area contributed by atoms with Crippen molar-refractivity contribution < 1.29 is 19.5 Å². The molecule has 19 heavy (non-hydrogen) atoms. The Labute approximate surface area is 111 Å². The second-order valence-electron chi connectivity index (χ2n) is 5.96. The zero-order valence-electron chi connectivity index (χ0n) is 11.2. The first-order valence-electron chi connectivity index (χ1n) is 6.66. The lowest BCUT2D eigenvalue weighted by Crippen LogP contribution is -2.46. The average Bonchev–Trinajstić information content (AvgIpc) is 2.94. The Kier molecular flexibility index (Phi) is 3.52. The third kappa shape index (κ3) is 2.57. The summed E-state index contributed by atoms with van der Waals surface area (Å²) in [6, 6.07) is -0.527. The van der Waals surface area contributed by atoms with Gasteiger partial charge in [0.1, 0.15) is 6.04 Å². The Morgan fingerprint density at radius 3 is 2.58 bits per heavy atom. The van der Waals surface area contributed by atoms with E-state index in [1.807, 2.05) is 0 Å². The standard InChI is InChI=1S/C13H20N2O4/c1-13(2)8(9(13)12(18)19)11(17)15-7-5-3-4-6-14-10(7)16/h7-9H,3-6H2,1-2H3,(H,14,16)(H,15,17)(H,18,19)/t7?,8-,9+/m1/s1. The zero-order valence-corrected chi connectivity index (χ0v) is 11.2. The Balaban J connectivity index is 1.98. The molecule has 6 heteroatoms. The fourth-order valence-corrected chi connectivity index (χ4v) is 2.93. The zero-order chi connectivity index (χ0) is 14.2. The maximum Gasteiger partial charge on any atom is 0.307 e. The van der Waals surface area contributed by atoms with E-state index >= 15 is 0 Å². The first-order valence-corrected chi connectivity index (χ1v) is 6.66. The number of hydrogen-bond donors (Lipinski definition) is 3. The highest BCUT2D eigenvalue weighted by Crippen LogP contribution is 2.58. The molecular formula is C13H20N2O4. The Hall–Kier alpha value is -1.59. The second-order valence-corrected chi connectivity index (χ2v) is 5.96. The summed E-state index contributed by atoms with van der Waals surface area (Å²) in [7, 11) is 0. The van der Waals surface area contributed by atoms with Crippen LogP contribution in [0.25, 0.3) is 0 Å². The SMILES string of the molecule is CC1(C)[C@H](C(=O)O)[C@@H]1C(=O)NC1CCCCNC1=O. The number of carboxylic acid groups (broad SMARTS) is 1. The van der Waals surface area contributed by atoms with Gasteiger partial charge in [0.05, 0.1) is 11.8 Å². The topological polar surface area (TPSA) is 95.5 Å². The summed E-state index contributed by atoms with van der Waals surface area (Å²) in [5.74, 6) is -2.63.